The summed E-state index contributed by atoms with van der Waals surface area (Å²) in [6.07, 6.45) is 0.996. The van der Waals surface area contributed by atoms with Crippen LogP contribution in [0.1, 0.15) is 49.4 Å². The molecule has 0 aromatic heterocycles. The molecule has 1 nitrogen and oxygen atoms in total. The summed E-state index contributed by atoms with van der Waals surface area (Å²) in [6, 6.07) is 17.9. The molecule has 0 amide bonds. The first-order valence-corrected chi connectivity index (χ1v) is 8.47. The van der Waals surface area contributed by atoms with Crippen LogP contribution in [0.15, 0.2) is 53.0 Å². The summed E-state index contributed by atoms with van der Waals surface area (Å²) in [6.45, 7) is 7.60. The summed E-state index contributed by atoms with van der Waals surface area (Å²) in [5, 5.41) is 3.60. The van der Waals surface area contributed by atoms with E-state index in [1.807, 2.05) is 0 Å². The molecular formula is C19H24BrN. The Bertz CT molecular complexity index is 560. The molecule has 1 N–H and O–H groups in total. The molecule has 0 bridgehead atoms. The van der Waals surface area contributed by atoms with E-state index in [9.17, 15) is 0 Å². The van der Waals surface area contributed by atoms with Crippen LogP contribution in [0.5, 0.6) is 0 Å². The third-order valence-corrected chi connectivity index (χ3v) is 4.61. The van der Waals surface area contributed by atoms with E-state index in [0.29, 0.717) is 12.0 Å². The number of nitrogens with one attached hydrogen (secondary N) is 1. The fourth-order valence-electron chi connectivity index (χ4n) is 2.55. The van der Waals surface area contributed by atoms with Crippen LogP contribution in [0, 0.1) is 0 Å². The van der Waals surface area contributed by atoms with Gasteiger partial charge in [0.15, 0.2) is 0 Å². The molecule has 2 heteroatoms. The van der Waals surface area contributed by atoms with Crippen LogP contribution in [0.2, 0.25) is 0 Å². The molecule has 0 aliphatic rings. The quantitative estimate of drug-likeness (QED) is 0.732. The van der Waals surface area contributed by atoms with E-state index in [1.165, 1.54) is 21.2 Å². The lowest BCUT2D eigenvalue weighted by Crippen LogP contribution is -2.23. The van der Waals surface area contributed by atoms with E-state index >= 15 is 0 Å². The molecule has 2 aromatic carbocycles. The van der Waals surface area contributed by atoms with Crippen molar-refractivity contribution in [3.8, 4) is 0 Å². The zero-order valence-corrected chi connectivity index (χ0v) is 14.7. The van der Waals surface area contributed by atoms with Crippen molar-refractivity contribution in [2.24, 2.45) is 0 Å². The van der Waals surface area contributed by atoms with Gasteiger partial charge in [-0.15, -0.1) is 0 Å². The highest BCUT2D eigenvalue weighted by atomic mass is 79.9. The molecule has 0 heterocycles. The van der Waals surface area contributed by atoms with Gasteiger partial charge >= 0.3 is 0 Å². The summed E-state index contributed by atoms with van der Waals surface area (Å²) in [4.78, 5) is 0. The van der Waals surface area contributed by atoms with Crippen molar-refractivity contribution >= 4 is 15.9 Å². The van der Waals surface area contributed by atoms with Crippen LogP contribution >= 0.6 is 15.9 Å². The largest absolute Gasteiger partial charge is 0.310 e. The number of likely N-dealkylation sites (N-methyl/N-ethyl adjacent to an activating group) is 1. The molecule has 21 heavy (non-hydrogen) atoms. The molecule has 1 unspecified atom stereocenters. The first kappa shape index (κ1) is 16.3. The molecular weight excluding hydrogens is 322 g/mol. The van der Waals surface area contributed by atoms with E-state index in [4.69, 9.17) is 0 Å². The van der Waals surface area contributed by atoms with Crippen LogP contribution in [0.25, 0.3) is 0 Å². The Morgan fingerprint density at radius 2 is 1.57 bits per heavy atom. The van der Waals surface area contributed by atoms with Crippen molar-refractivity contribution in [3.05, 3.63) is 69.7 Å². The minimum Gasteiger partial charge on any atom is -0.310 e. The number of rotatable bonds is 6. The maximum atomic E-state index is 3.65. The van der Waals surface area contributed by atoms with Crippen molar-refractivity contribution in [1.82, 2.24) is 5.32 Å². The summed E-state index contributed by atoms with van der Waals surface area (Å²) in [7, 11) is 0. The molecule has 0 fully saturated rings. The molecule has 2 rings (SSSR count). The highest BCUT2D eigenvalue weighted by molar-refractivity contribution is 9.10. The smallest absolute Gasteiger partial charge is 0.0361 e. The molecule has 0 aliphatic heterocycles. The van der Waals surface area contributed by atoms with E-state index in [2.05, 4.69) is 90.5 Å². The Morgan fingerprint density at radius 3 is 2.14 bits per heavy atom. The Hall–Kier alpha value is -1.12. The lowest BCUT2D eigenvalue weighted by atomic mass is 9.95. The van der Waals surface area contributed by atoms with Crippen LogP contribution in [0.3, 0.4) is 0 Å². The normalized spacial score (nSPS) is 12.6. The van der Waals surface area contributed by atoms with Crippen molar-refractivity contribution in [2.75, 3.05) is 6.54 Å². The van der Waals surface area contributed by atoms with Crippen molar-refractivity contribution < 1.29 is 0 Å². The third kappa shape index (κ3) is 4.42. The Balaban J connectivity index is 2.20. The monoisotopic (exact) mass is 345 g/mol. The van der Waals surface area contributed by atoms with Gasteiger partial charge in [0.1, 0.15) is 0 Å². The van der Waals surface area contributed by atoms with Crippen molar-refractivity contribution in [1.29, 1.82) is 0 Å². The van der Waals surface area contributed by atoms with Crippen LogP contribution < -0.4 is 5.32 Å². The summed E-state index contributed by atoms with van der Waals surface area (Å²) in [5.74, 6) is 0.583. The van der Waals surface area contributed by atoms with Crippen LogP contribution in [-0.4, -0.2) is 6.54 Å². The molecule has 0 aliphatic carbocycles. The summed E-state index contributed by atoms with van der Waals surface area (Å²) < 4.78 is 1.19. The van der Waals surface area contributed by atoms with E-state index < -0.39 is 0 Å². The van der Waals surface area contributed by atoms with Gasteiger partial charge in [0.2, 0.25) is 0 Å². The lowest BCUT2D eigenvalue weighted by Gasteiger charge is -2.20. The predicted octanol–water partition coefficient (Wildman–Crippen LogP) is 5.47. The number of benzene rings is 2. The Labute approximate surface area is 136 Å². The molecule has 2 aromatic rings. The number of halogens is 1. The average Bonchev–Trinajstić information content (AvgIpc) is 2.49. The standard InChI is InChI=1S/C19H24BrN/c1-4-21-19(13-17-7-5-6-8-18(17)20)16-11-9-15(10-12-16)14(2)3/h5-12,14,19,21H,4,13H2,1-3H3. The number of hydrogen-bond donors (Lipinski definition) is 1. The molecule has 0 saturated carbocycles. The average molecular weight is 346 g/mol. The second-order valence-corrected chi connectivity index (χ2v) is 6.58. The van der Waals surface area contributed by atoms with Crippen LogP contribution in [-0.2, 0) is 6.42 Å². The zero-order chi connectivity index (χ0) is 15.2. The SMILES string of the molecule is CCNC(Cc1ccccc1Br)c1ccc(C(C)C)cc1. The fraction of sp³-hybridized carbons (Fsp3) is 0.368. The molecule has 1 atom stereocenters. The van der Waals surface area contributed by atoms with Crippen LogP contribution in [0.4, 0.5) is 0 Å². The lowest BCUT2D eigenvalue weighted by molar-refractivity contribution is 0.549. The Kier molecular flexibility index (Phi) is 6.01. The second-order valence-electron chi connectivity index (χ2n) is 5.73. The highest BCUT2D eigenvalue weighted by Crippen LogP contribution is 2.25. The first-order valence-electron chi connectivity index (χ1n) is 7.68. The third-order valence-electron chi connectivity index (χ3n) is 3.84. The van der Waals surface area contributed by atoms with E-state index in [0.717, 1.165) is 13.0 Å². The maximum absolute atomic E-state index is 3.65. The van der Waals surface area contributed by atoms with E-state index in [1.54, 1.807) is 0 Å². The second kappa shape index (κ2) is 7.77. The van der Waals surface area contributed by atoms with Gasteiger partial charge in [0, 0.05) is 10.5 Å². The van der Waals surface area contributed by atoms with Gasteiger partial charge in [-0.3, -0.25) is 0 Å². The zero-order valence-electron chi connectivity index (χ0n) is 13.1. The van der Waals surface area contributed by atoms with Gasteiger partial charge in [0.25, 0.3) is 0 Å². The predicted molar refractivity (Wildman–Crippen MR) is 94.8 cm³/mol. The highest BCUT2D eigenvalue weighted by Gasteiger charge is 2.13. The molecule has 0 saturated heterocycles. The van der Waals surface area contributed by atoms with Gasteiger partial charge < -0.3 is 5.32 Å². The summed E-state index contributed by atoms with van der Waals surface area (Å²) in [5.41, 5.74) is 4.10. The molecule has 0 radical (unpaired) electrons. The molecule has 0 spiro atoms. The first-order chi connectivity index (χ1) is 10.1. The summed E-state index contributed by atoms with van der Waals surface area (Å²) >= 11 is 3.65. The van der Waals surface area contributed by atoms with E-state index in [-0.39, 0.29) is 0 Å². The van der Waals surface area contributed by atoms with Gasteiger partial charge in [-0.1, -0.05) is 79.2 Å². The fourth-order valence-corrected chi connectivity index (χ4v) is 3.00. The maximum Gasteiger partial charge on any atom is 0.0361 e. The number of hydrogen-bond acceptors (Lipinski definition) is 1. The van der Waals surface area contributed by atoms with Gasteiger partial charge in [0.05, 0.1) is 0 Å². The van der Waals surface area contributed by atoms with Gasteiger partial charge in [-0.2, -0.15) is 0 Å². The molecule has 112 valence electrons. The van der Waals surface area contributed by atoms with Gasteiger partial charge in [-0.05, 0) is 41.6 Å². The minimum absolute atomic E-state index is 0.356. The van der Waals surface area contributed by atoms with Crippen molar-refractivity contribution in [3.63, 3.8) is 0 Å². The van der Waals surface area contributed by atoms with Gasteiger partial charge in [-0.25, -0.2) is 0 Å². The topological polar surface area (TPSA) is 12.0 Å². The van der Waals surface area contributed by atoms with Crippen molar-refractivity contribution in [2.45, 2.75) is 39.2 Å². The Morgan fingerprint density at radius 1 is 0.952 bits per heavy atom. The minimum atomic E-state index is 0.356.